The molecule has 84 valence electrons. The van der Waals surface area contributed by atoms with Crippen LogP contribution in [0.4, 0.5) is 0 Å². The first kappa shape index (κ1) is 10.6. The van der Waals surface area contributed by atoms with E-state index in [1.165, 1.54) is 25.0 Å². The zero-order valence-corrected chi connectivity index (χ0v) is 9.15. The number of aromatic nitrogens is 2. The predicted molar refractivity (Wildman–Crippen MR) is 60.7 cm³/mol. The first-order valence-corrected chi connectivity index (χ1v) is 5.85. The average Bonchev–Trinajstić information content (AvgIpc) is 2.53. The molecule has 1 aliphatic rings. The Morgan fingerprint density at radius 3 is 3.27 bits per heavy atom. The minimum atomic E-state index is 0.566. The third-order valence-electron chi connectivity index (χ3n) is 3.04. The fourth-order valence-corrected chi connectivity index (χ4v) is 2.26. The summed E-state index contributed by atoms with van der Waals surface area (Å²) < 4.78 is 2.18. The summed E-state index contributed by atoms with van der Waals surface area (Å²) in [5.74, 6) is 0. The second-order valence-corrected chi connectivity index (χ2v) is 4.14. The van der Waals surface area contributed by atoms with Gasteiger partial charge in [0.1, 0.15) is 0 Å². The Kier molecular flexibility index (Phi) is 3.75. The Bertz CT molecular complexity index is 287. The quantitative estimate of drug-likeness (QED) is 0.768. The van der Waals surface area contributed by atoms with Gasteiger partial charge in [-0.15, -0.1) is 0 Å². The SMILES string of the molecule is NCCc1ccnn1C1CCCNCC1. The topological polar surface area (TPSA) is 55.9 Å². The van der Waals surface area contributed by atoms with Gasteiger partial charge in [-0.3, -0.25) is 4.68 Å². The normalized spacial score (nSPS) is 22.6. The Balaban J connectivity index is 2.08. The summed E-state index contributed by atoms with van der Waals surface area (Å²) >= 11 is 0. The number of hydrogen-bond donors (Lipinski definition) is 2. The maximum absolute atomic E-state index is 5.60. The van der Waals surface area contributed by atoms with Gasteiger partial charge in [-0.2, -0.15) is 5.10 Å². The maximum Gasteiger partial charge on any atom is 0.0535 e. The number of rotatable bonds is 3. The molecule has 2 rings (SSSR count). The monoisotopic (exact) mass is 208 g/mol. The molecule has 15 heavy (non-hydrogen) atoms. The van der Waals surface area contributed by atoms with Crippen LogP contribution in [0.15, 0.2) is 12.3 Å². The van der Waals surface area contributed by atoms with Crippen molar-refractivity contribution in [3.05, 3.63) is 18.0 Å². The van der Waals surface area contributed by atoms with E-state index in [0.29, 0.717) is 12.6 Å². The number of nitrogens with one attached hydrogen (secondary N) is 1. The van der Waals surface area contributed by atoms with E-state index >= 15 is 0 Å². The van der Waals surface area contributed by atoms with Crippen LogP contribution in [0, 0.1) is 0 Å². The van der Waals surface area contributed by atoms with Gasteiger partial charge < -0.3 is 11.1 Å². The summed E-state index contributed by atoms with van der Waals surface area (Å²) in [7, 11) is 0. The molecule has 4 heteroatoms. The molecule has 0 bridgehead atoms. The van der Waals surface area contributed by atoms with Crippen molar-refractivity contribution in [1.29, 1.82) is 0 Å². The molecule has 1 aliphatic heterocycles. The van der Waals surface area contributed by atoms with E-state index in [-0.39, 0.29) is 0 Å². The molecule has 1 aromatic rings. The summed E-state index contributed by atoms with van der Waals surface area (Å²) in [6.45, 7) is 2.95. The molecule has 0 saturated carbocycles. The van der Waals surface area contributed by atoms with Gasteiger partial charge in [-0.25, -0.2) is 0 Å². The number of nitrogens with two attached hydrogens (primary N) is 1. The Morgan fingerprint density at radius 2 is 2.40 bits per heavy atom. The van der Waals surface area contributed by atoms with Gasteiger partial charge in [0.25, 0.3) is 0 Å². The highest BCUT2D eigenvalue weighted by atomic mass is 15.3. The molecule has 1 aromatic heterocycles. The molecular formula is C11H20N4. The lowest BCUT2D eigenvalue weighted by Crippen LogP contribution is -2.18. The molecule has 0 aromatic carbocycles. The van der Waals surface area contributed by atoms with Gasteiger partial charge in [0.2, 0.25) is 0 Å². The van der Waals surface area contributed by atoms with Gasteiger partial charge in [0.15, 0.2) is 0 Å². The largest absolute Gasteiger partial charge is 0.330 e. The van der Waals surface area contributed by atoms with E-state index in [2.05, 4.69) is 21.2 Å². The van der Waals surface area contributed by atoms with Crippen LogP contribution < -0.4 is 11.1 Å². The highest BCUT2D eigenvalue weighted by Gasteiger charge is 2.16. The molecule has 0 radical (unpaired) electrons. The molecule has 1 atom stereocenters. The van der Waals surface area contributed by atoms with Crippen LogP contribution in [0.3, 0.4) is 0 Å². The van der Waals surface area contributed by atoms with Gasteiger partial charge in [0.05, 0.1) is 6.04 Å². The van der Waals surface area contributed by atoms with Crippen LogP contribution >= 0.6 is 0 Å². The zero-order chi connectivity index (χ0) is 10.5. The number of hydrogen-bond acceptors (Lipinski definition) is 3. The van der Waals surface area contributed by atoms with Crippen LogP contribution in [0.1, 0.15) is 31.0 Å². The van der Waals surface area contributed by atoms with Crippen LogP contribution in [-0.4, -0.2) is 29.4 Å². The molecule has 1 fully saturated rings. The third-order valence-corrected chi connectivity index (χ3v) is 3.04. The molecule has 1 unspecified atom stereocenters. The van der Waals surface area contributed by atoms with Crippen molar-refractivity contribution in [2.75, 3.05) is 19.6 Å². The maximum atomic E-state index is 5.60. The molecule has 3 N–H and O–H groups in total. The lowest BCUT2D eigenvalue weighted by molar-refractivity contribution is 0.401. The molecule has 0 aliphatic carbocycles. The summed E-state index contributed by atoms with van der Waals surface area (Å²) in [5.41, 5.74) is 6.88. The number of nitrogens with zero attached hydrogens (tertiary/aromatic N) is 2. The van der Waals surface area contributed by atoms with Gasteiger partial charge >= 0.3 is 0 Å². The predicted octanol–water partition coefficient (Wildman–Crippen LogP) is 0.699. The van der Waals surface area contributed by atoms with E-state index in [0.717, 1.165) is 19.5 Å². The van der Waals surface area contributed by atoms with Crippen LogP contribution in [0.25, 0.3) is 0 Å². The average molecular weight is 208 g/mol. The molecular weight excluding hydrogens is 188 g/mol. The minimum absolute atomic E-state index is 0.566. The fraction of sp³-hybridized carbons (Fsp3) is 0.727. The zero-order valence-electron chi connectivity index (χ0n) is 9.15. The molecule has 1 saturated heterocycles. The third kappa shape index (κ3) is 2.58. The van der Waals surface area contributed by atoms with Crippen molar-refractivity contribution in [3.63, 3.8) is 0 Å². The van der Waals surface area contributed by atoms with Crippen molar-refractivity contribution in [2.24, 2.45) is 5.73 Å². The summed E-state index contributed by atoms with van der Waals surface area (Å²) in [6.07, 6.45) is 6.48. The van der Waals surface area contributed by atoms with Crippen LogP contribution in [-0.2, 0) is 6.42 Å². The highest BCUT2D eigenvalue weighted by molar-refractivity contribution is 5.02. The van der Waals surface area contributed by atoms with Crippen LogP contribution in [0.5, 0.6) is 0 Å². The van der Waals surface area contributed by atoms with Gasteiger partial charge in [-0.05, 0) is 45.0 Å². The van der Waals surface area contributed by atoms with Crippen molar-refractivity contribution >= 4 is 0 Å². The summed E-state index contributed by atoms with van der Waals surface area (Å²) in [4.78, 5) is 0. The van der Waals surface area contributed by atoms with Crippen molar-refractivity contribution < 1.29 is 0 Å². The van der Waals surface area contributed by atoms with Crippen molar-refractivity contribution in [2.45, 2.75) is 31.7 Å². The van der Waals surface area contributed by atoms with Crippen molar-refractivity contribution in [1.82, 2.24) is 15.1 Å². The highest BCUT2D eigenvalue weighted by Crippen LogP contribution is 2.20. The standard InChI is InChI=1S/C11H20N4/c12-6-3-11-5-9-14-15(11)10-2-1-7-13-8-4-10/h5,9-10,13H,1-4,6-8,12H2. The molecule has 0 amide bonds. The molecule has 2 heterocycles. The lowest BCUT2D eigenvalue weighted by atomic mass is 10.1. The Hall–Kier alpha value is -0.870. The first-order valence-electron chi connectivity index (χ1n) is 5.85. The van der Waals surface area contributed by atoms with E-state index in [4.69, 9.17) is 5.73 Å². The second kappa shape index (κ2) is 5.28. The smallest absolute Gasteiger partial charge is 0.0535 e. The van der Waals surface area contributed by atoms with E-state index < -0.39 is 0 Å². The minimum Gasteiger partial charge on any atom is -0.330 e. The Labute approximate surface area is 90.8 Å². The van der Waals surface area contributed by atoms with E-state index in [9.17, 15) is 0 Å². The van der Waals surface area contributed by atoms with E-state index in [1.54, 1.807) is 0 Å². The van der Waals surface area contributed by atoms with Gasteiger partial charge in [-0.1, -0.05) is 0 Å². The Morgan fingerprint density at radius 1 is 1.47 bits per heavy atom. The second-order valence-electron chi connectivity index (χ2n) is 4.14. The first-order chi connectivity index (χ1) is 7.42. The molecule has 4 nitrogen and oxygen atoms in total. The summed E-state index contributed by atoms with van der Waals surface area (Å²) in [5, 5.41) is 7.86. The van der Waals surface area contributed by atoms with Crippen LogP contribution in [0.2, 0.25) is 0 Å². The molecule has 0 spiro atoms. The lowest BCUT2D eigenvalue weighted by Gasteiger charge is -2.17. The van der Waals surface area contributed by atoms with Crippen molar-refractivity contribution in [3.8, 4) is 0 Å². The van der Waals surface area contributed by atoms with Gasteiger partial charge in [0, 0.05) is 18.3 Å². The summed E-state index contributed by atoms with van der Waals surface area (Å²) in [6, 6.07) is 2.65. The fourth-order valence-electron chi connectivity index (χ4n) is 2.26. The van der Waals surface area contributed by atoms with E-state index in [1.807, 2.05) is 6.20 Å².